The summed E-state index contributed by atoms with van der Waals surface area (Å²) in [6, 6.07) is 10.1. The third-order valence-corrected chi connectivity index (χ3v) is 5.55. The molecule has 4 nitrogen and oxygen atoms in total. The van der Waals surface area contributed by atoms with Gasteiger partial charge in [0.2, 0.25) is 5.91 Å². The molecule has 0 bridgehead atoms. The molecule has 0 spiro atoms. The van der Waals surface area contributed by atoms with Gasteiger partial charge in [-0.2, -0.15) is 0 Å². The van der Waals surface area contributed by atoms with Crippen molar-refractivity contribution < 1.29 is 13.6 Å². The normalized spacial score (nSPS) is 20.7. The van der Waals surface area contributed by atoms with E-state index in [1.165, 1.54) is 12.1 Å². The van der Waals surface area contributed by atoms with Gasteiger partial charge in [-0.1, -0.05) is 30.3 Å². The highest BCUT2D eigenvalue weighted by Gasteiger charge is 2.29. The van der Waals surface area contributed by atoms with Crippen molar-refractivity contribution in [3.8, 4) is 0 Å². The van der Waals surface area contributed by atoms with Crippen LogP contribution in [0.3, 0.4) is 0 Å². The number of carbonyl (C=O) groups is 1. The van der Waals surface area contributed by atoms with Crippen LogP contribution in [0.15, 0.2) is 41.2 Å². The fraction of sp³-hybridized carbons (Fsp3) is 0.429. The number of aromatic nitrogens is 1. The Morgan fingerprint density at radius 3 is 2.22 bits per heavy atom. The summed E-state index contributed by atoms with van der Waals surface area (Å²) in [4.78, 5) is 27.0. The molecule has 1 saturated carbocycles. The molecule has 2 fully saturated rings. The highest BCUT2D eigenvalue weighted by atomic mass is 19.3. The van der Waals surface area contributed by atoms with Gasteiger partial charge in [0.25, 0.3) is 12.0 Å². The number of benzene rings is 1. The summed E-state index contributed by atoms with van der Waals surface area (Å²) in [5.74, 6) is 0.228. The number of amides is 1. The summed E-state index contributed by atoms with van der Waals surface area (Å²) in [6.45, 7) is 0. The summed E-state index contributed by atoms with van der Waals surface area (Å²) in [6.07, 6.45) is 1.46. The minimum atomic E-state index is -2.51. The molecular formula is C21H22F2N2O2. The standard InChI is InChI=1S/C21H22F2N2O2/c22-20(23)14-5-3-13(4-6-14)17(11-15-7-10-19(26)24-15)18-9-8-16(12-1-2-12)21(27)25-18/h3-6,8-9,12,15,17,20H,1-2,7,10-11H2,(H,24,26)(H,25,27). The van der Waals surface area contributed by atoms with Crippen molar-refractivity contribution >= 4 is 5.91 Å². The van der Waals surface area contributed by atoms with E-state index in [1.54, 1.807) is 12.1 Å². The van der Waals surface area contributed by atoms with Gasteiger partial charge < -0.3 is 10.3 Å². The molecule has 1 amide bonds. The van der Waals surface area contributed by atoms with Crippen molar-refractivity contribution in [2.24, 2.45) is 0 Å². The Hall–Kier alpha value is -2.50. The van der Waals surface area contributed by atoms with Gasteiger partial charge in [0.15, 0.2) is 0 Å². The van der Waals surface area contributed by atoms with Crippen molar-refractivity contribution in [2.75, 3.05) is 0 Å². The molecule has 1 aromatic heterocycles. The lowest BCUT2D eigenvalue weighted by Crippen LogP contribution is -2.28. The number of pyridine rings is 1. The molecule has 1 saturated heterocycles. The highest BCUT2D eigenvalue weighted by molar-refractivity contribution is 5.78. The Labute approximate surface area is 156 Å². The van der Waals surface area contributed by atoms with Gasteiger partial charge in [-0.05, 0) is 43.2 Å². The van der Waals surface area contributed by atoms with Crippen LogP contribution in [0.4, 0.5) is 8.78 Å². The number of rotatable bonds is 6. The minimum Gasteiger partial charge on any atom is -0.353 e. The highest BCUT2D eigenvalue weighted by Crippen LogP contribution is 2.39. The molecule has 1 aliphatic carbocycles. The van der Waals surface area contributed by atoms with Gasteiger partial charge in [-0.25, -0.2) is 8.78 Å². The maximum Gasteiger partial charge on any atom is 0.263 e. The minimum absolute atomic E-state index is 0.0175. The number of hydrogen-bond acceptors (Lipinski definition) is 2. The molecule has 2 aliphatic rings. The van der Waals surface area contributed by atoms with Crippen molar-refractivity contribution in [2.45, 2.75) is 56.4 Å². The molecule has 1 aliphatic heterocycles. The molecule has 4 rings (SSSR count). The fourth-order valence-electron chi connectivity index (χ4n) is 3.87. The first kappa shape index (κ1) is 17.9. The van der Waals surface area contributed by atoms with Crippen LogP contribution in [0, 0.1) is 0 Å². The van der Waals surface area contributed by atoms with E-state index in [0.29, 0.717) is 18.8 Å². The van der Waals surface area contributed by atoms with Crippen LogP contribution < -0.4 is 10.9 Å². The van der Waals surface area contributed by atoms with E-state index in [2.05, 4.69) is 10.3 Å². The first-order valence-electron chi connectivity index (χ1n) is 9.41. The van der Waals surface area contributed by atoms with Crippen molar-refractivity contribution in [1.29, 1.82) is 0 Å². The van der Waals surface area contributed by atoms with E-state index in [-0.39, 0.29) is 29.0 Å². The van der Waals surface area contributed by atoms with Gasteiger partial charge >= 0.3 is 0 Å². The molecule has 27 heavy (non-hydrogen) atoms. The first-order chi connectivity index (χ1) is 13.0. The van der Waals surface area contributed by atoms with E-state index in [1.807, 2.05) is 12.1 Å². The quantitative estimate of drug-likeness (QED) is 0.805. The van der Waals surface area contributed by atoms with Gasteiger partial charge in [-0.15, -0.1) is 0 Å². The van der Waals surface area contributed by atoms with Crippen molar-refractivity contribution in [3.63, 3.8) is 0 Å². The van der Waals surface area contributed by atoms with Crippen LogP contribution in [0.2, 0.25) is 0 Å². The number of aromatic amines is 1. The Morgan fingerprint density at radius 1 is 0.963 bits per heavy atom. The zero-order valence-corrected chi connectivity index (χ0v) is 14.9. The second-order valence-corrected chi connectivity index (χ2v) is 7.53. The molecule has 1 aromatic carbocycles. The summed E-state index contributed by atoms with van der Waals surface area (Å²) >= 11 is 0. The predicted octanol–water partition coefficient (Wildman–Crippen LogP) is 3.99. The molecule has 2 heterocycles. The summed E-state index contributed by atoms with van der Waals surface area (Å²) in [5, 5.41) is 2.96. The van der Waals surface area contributed by atoms with Crippen LogP contribution in [-0.2, 0) is 4.79 Å². The second-order valence-electron chi connectivity index (χ2n) is 7.53. The Morgan fingerprint density at radius 2 is 1.67 bits per heavy atom. The first-order valence-corrected chi connectivity index (χ1v) is 9.41. The van der Waals surface area contributed by atoms with Crippen LogP contribution >= 0.6 is 0 Å². The average molecular weight is 372 g/mol. The van der Waals surface area contributed by atoms with E-state index >= 15 is 0 Å². The number of halogens is 2. The summed E-state index contributed by atoms with van der Waals surface area (Å²) in [7, 11) is 0. The largest absolute Gasteiger partial charge is 0.353 e. The SMILES string of the molecule is O=C1CCC(CC(c2ccc(C(F)F)cc2)c2ccc(C3CC3)c(=O)[nH]2)N1. The number of nitrogens with one attached hydrogen (secondary N) is 2. The molecule has 6 heteroatoms. The predicted molar refractivity (Wildman–Crippen MR) is 98.1 cm³/mol. The van der Waals surface area contributed by atoms with Crippen molar-refractivity contribution in [1.82, 2.24) is 10.3 Å². The average Bonchev–Trinajstić information content (AvgIpc) is 3.41. The van der Waals surface area contributed by atoms with E-state index in [9.17, 15) is 18.4 Å². The number of hydrogen-bond donors (Lipinski definition) is 2. The van der Waals surface area contributed by atoms with E-state index in [4.69, 9.17) is 0 Å². The maximum absolute atomic E-state index is 12.9. The van der Waals surface area contributed by atoms with Gasteiger partial charge in [-0.3, -0.25) is 9.59 Å². The topological polar surface area (TPSA) is 62.0 Å². The van der Waals surface area contributed by atoms with Gasteiger partial charge in [0, 0.05) is 35.2 Å². The lowest BCUT2D eigenvalue weighted by atomic mass is 9.87. The monoisotopic (exact) mass is 372 g/mol. The Bertz CT molecular complexity index is 888. The third-order valence-electron chi connectivity index (χ3n) is 5.55. The molecular weight excluding hydrogens is 350 g/mol. The molecule has 2 atom stereocenters. The summed E-state index contributed by atoms with van der Waals surface area (Å²) < 4.78 is 25.8. The molecule has 0 radical (unpaired) electrons. The van der Waals surface area contributed by atoms with Crippen molar-refractivity contribution in [3.05, 3.63) is 69.1 Å². The maximum atomic E-state index is 12.9. The van der Waals surface area contributed by atoms with Gasteiger partial charge in [0.05, 0.1) is 0 Å². The van der Waals surface area contributed by atoms with E-state index in [0.717, 1.165) is 36.1 Å². The lowest BCUT2D eigenvalue weighted by molar-refractivity contribution is -0.119. The van der Waals surface area contributed by atoms with Gasteiger partial charge in [0.1, 0.15) is 0 Å². The molecule has 2 N–H and O–H groups in total. The Balaban J connectivity index is 1.65. The number of alkyl halides is 2. The smallest absolute Gasteiger partial charge is 0.263 e. The molecule has 2 unspecified atom stereocenters. The third kappa shape index (κ3) is 3.94. The number of carbonyl (C=O) groups excluding carboxylic acids is 1. The van der Waals surface area contributed by atoms with Crippen LogP contribution in [0.5, 0.6) is 0 Å². The van der Waals surface area contributed by atoms with Crippen LogP contribution in [-0.4, -0.2) is 16.9 Å². The molecule has 2 aromatic rings. The zero-order valence-electron chi connectivity index (χ0n) is 14.9. The fourth-order valence-corrected chi connectivity index (χ4v) is 3.87. The molecule has 142 valence electrons. The second kappa shape index (κ2) is 7.25. The van der Waals surface area contributed by atoms with Crippen LogP contribution in [0.25, 0.3) is 0 Å². The number of H-pyrrole nitrogens is 1. The zero-order chi connectivity index (χ0) is 19.0. The summed E-state index contributed by atoms with van der Waals surface area (Å²) in [5.41, 5.74) is 2.34. The van der Waals surface area contributed by atoms with E-state index < -0.39 is 6.43 Å². The Kier molecular flexibility index (Phi) is 4.81. The van der Waals surface area contributed by atoms with Crippen LogP contribution in [0.1, 0.15) is 72.7 Å². The lowest BCUT2D eigenvalue weighted by Gasteiger charge is -2.22.